The van der Waals surface area contributed by atoms with Crippen molar-refractivity contribution in [3.8, 4) is 0 Å². The molecule has 1 aliphatic rings. The first kappa shape index (κ1) is 11.0. The summed E-state index contributed by atoms with van der Waals surface area (Å²) in [6.45, 7) is 7.11. The highest BCUT2D eigenvalue weighted by Gasteiger charge is 2.27. The van der Waals surface area contributed by atoms with Crippen LogP contribution in [0.1, 0.15) is 39.5 Å². The van der Waals surface area contributed by atoms with Gasteiger partial charge in [-0.2, -0.15) is 0 Å². The van der Waals surface area contributed by atoms with Crippen LogP contribution in [0.5, 0.6) is 0 Å². The van der Waals surface area contributed by atoms with Crippen molar-refractivity contribution in [2.24, 2.45) is 0 Å². The molecule has 0 aromatic heterocycles. The van der Waals surface area contributed by atoms with Gasteiger partial charge in [0.25, 0.3) is 0 Å². The molecule has 1 saturated carbocycles. The topological polar surface area (TPSA) is 15.3 Å². The van der Waals surface area contributed by atoms with Gasteiger partial charge >= 0.3 is 0 Å². The molecule has 0 radical (unpaired) electrons. The van der Waals surface area contributed by atoms with E-state index in [1.54, 1.807) is 0 Å². The minimum absolute atomic E-state index is 0.665. The van der Waals surface area contributed by atoms with Crippen LogP contribution in [0, 0.1) is 0 Å². The fraction of sp³-hybridized carbons (Fsp3) is 1.00. The average Bonchev–Trinajstić information content (AvgIpc) is 2.94. The van der Waals surface area contributed by atoms with Gasteiger partial charge < -0.3 is 10.2 Å². The van der Waals surface area contributed by atoms with E-state index >= 15 is 0 Å². The Kier molecular flexibility index (Phi) is 4.74. The van der Waals surface area contributed by atoms with E-state index in [-0.39, 0.29) is 0 Å². The molecule has 1 fully saturated rings. The van der Waals surface area contributed by atoms with Gasteiger partial charge in [0, 0.05) is 12.1 Å². The van der Waals surface area contributed by atoms with Gasteiger partial charge in [-0.15, -0.1) is 0 Å². The number of rotatable bonds is 7. The highest BCUT2D eigenvalue weighted by Crippen LogP contribution is 2.26. The highest BCUT2D eigenvalue weighted by atomic mass is 15.2. The van der Waals surface area contributed by atoms with Crippen LogP contribution >= 0.6 is 0 Å². The van der Waals surface area contributed by atoms with Crippen molar-refractivity contribution in [1.29, 1.82) is 0 Å². The fourth-order valence-electron chi connectivity index (χ4n) is 1.71. The summed E-state index contributed by atoms with van der Waals surface area (Å²) < 4.78 is 0. The minimum atomic E-state index is 0.665. The van der Waals surface area contributed by atoms with E-state index in [2.05, 4.69) is 24.1 Å². The van der Waals surface area contributed by atoms with Gasteiger partial charge in [0.05, 0.1) is 0 Å². The summed E-state index contributed by atoms with van der Waals surface area (Å²) in [4.78, 5) is 2.66. The molecular weight excluding hydrogens is 160 g/mol. The second-order valence-electron chi connectivity index (χ2n) is 4.25. The highest BCUT2D eigenvalue weighted by molar-refractivity contribution is 4.84. The molecule has 2 nitrogen and oxygen atoms in total. The molecule has 13 heavy (non-hydrogen) atoms. The predicted molar refractivity (Wildman–Crippen MR) is 58.0 cm³/mol. The van der Waals surface area contributed by atoms with E-state index in [1.165, 1.54) is 38.8 Å². The Bertz CT molecular complexity index is 132. The zero-order valence-corrected chi connectivity index (χ0v) is 9.34. The maximum atomic E-state index is 3.30. The Hall–Kier alpha value is -0.0800. The minimum Gasteiger partial charge on any atom is -0.317 e. The summed E-state index contributed by atoms with van der Waals surface area (Å²) in [5.41, 5.74) is 0. The second kappa shape index (κ2) is 5.61. The zero-order valence-electron chi connectivity index (χ0n) is 9.34. The maximum absolute atomic E-state index is 3.30. The van der Waals surface area contributed by atoms with E-state index in [4.69, 9.17) is 0 Å². The van der Waals surface area contributed by atoms with Crippen molar-refractivity contribution in [3.63, 3.8) is 0 Å². The normalized spacial score (nSPS) is 19.4. The first-order valence-electron chi connectivity index (χ1n) is 5.69. The van der Waals surface area contributed by atoms with Crippen molar-refractivity contribution in [1.82, 2.24) is 10.2 Å². The van der Waals surface area contributed by atoms with Gasteiger partial charge in [-0.1, -0.05) is 6.92 Å². The second-order valence-corrected chi connectivity index (χ2v) is 4.25. The Morgan fingerprint density at radius 2 is 2.08 bits per heavy atom. The summed E-state index contributed by atoms with van der Waals surface area (Å²) in [5.74, 6) is 0. The Labute approximate surface area is 82.7 Å². The molecule has 0 bridgehead atoms. The smallest absolute Gasteiger partial charge is 0.00964 e. The molecule has 0 saturated heterocycles. The summed E-state index contributed by atoms with van der Waals surface area (Å²) in [6, 6.07) is 1.60. The average molecular weight is 184 g/mol. The first-order valence-corrected chi connectivity index (χ1v) is 5.69. The lowest BCUT2D eigenvalue weighted by Crippen LogP contribution is -2.32. The van der Waals surface area contributed by atoms with Crippen LogP contribution in [0.3, 0.4) is 0 Å². The molecule has 1 unspecified atom stereocenters. The van der Waals surface area contributed by atoms with Crippen molar-refractivity contribution in [3.05, 3.63) is 0 Å². The third kappa shape index (κ3) is 4.10. The van der Waals surface area contributed by atoms with Gasteiger partial charge in [0.1, 0.15) is 0 Å². The van der Waals surface area contributed by atoms with E-state index in [9.17, 15) is 0 Å². The van der Waals surface area contributed by atoms with Gasteiger partial charge in [-0.25, -0.2) is 0 Å². The molecule has 1 atom stereocenters. The lowest BCUT2D eigenvalue weighted by Gasteiger charge is -2.22. The number of hydrogen-bond donors (Lipinski definition) is 1. The fourth-order valence-corrected chi connectivity index (χ4v) is 1.71. The van der Waals surface area contributed by atoms with Crippen molar-refractivity contribution >= 4 is 0 Å². The molecule has 0 heterocycles. The van der Waals surface area contributed by atoms with Crippen molar-refractivity contribution < 1.29 is 0 Å². The Morgan fingerprint density at radius 1 is 1.38 bits per heavy atom. The van der Waals surface area contributed by atoms with Crippen molar-refractivity contribution in [2.45, 2.75) is 51.6 Å². The monoisotopic (exact) mass is 184 g/mol. The van der Waals surface area contributed by atoms with Crippen LogP contribution in [0.4, 0.5) is 0 Å². The van der Waals surface area contributed by atoms with Crippen LogP contribution in [-0.4, -0.2) is 37.1 Å². The largest absolute Gasteiger partial charge is 0.317 e. The van der Waals surface area contributed by atoms with Crippen LogP contribution in [0.25, 0.3) is 0 Å². The Morgan fingerprint density at radius 3 is 2.54 bits per heavy atom. The molecule has 2 heteroatoms. The zero-order chi connectivity index (χ0) is 9.68. The molecule has 78 valence electrons. The lowest BCUT2D eigenvalue weighted by molar-refractivity contribution is 0.251. The van der Waals surface area contributed by atoms with Crippen LogP contribution in [0.15, 0.2) is 0 Å². The third-order valence-corrected chi connectivity index (χ3v) is 2.92. The molecule has 0 aromatic rings. The number of nitrogens with one attached hydrogen (secondary N) is 1. The lowest BCUT2D eigenvalue weighted by atomic mass is 10.2. The molecule has 0 amide bonds. The number of hydrogen-bond acceptors (Lipinski definition) is 2. The third-order valence-electron chi connectivity index (χ3n) is 2.92. The standard InChI is InChI=1S/C11H24N2/c1-4-8-13(11-5-6-11)9-7-10(2)12-3/h10-12H,4-9H2,1-3H3. The van der Waals surface area contributed by atoms with Crippen LogP contribution in [0.2, 0.25) is 0 Å². The molecular formula is C11H24N2. The summed E-state index contributed by atoms with van der Waals surface area (Å²) in [7, 11) is 2.05. The molecule has 0 aliphatic heterocycles. The number of nitrogens with zero attached hydrogens (tertiary/aromatic N) is 1. The van der Waals surface area contributed by atoms with Gasteiger partial charge in [-0.3, -0.25) is 0 Å². The molecule has 1 rings (SSSR count). The molecule has 1 aliphatic carbocycles. The van der Waals surface area contributed by atoms with Gasteiger partial charge in [0.2, 0.25) is 0 Å². The molecule has 0 spiro atoms. The summed E-state index contributed by atoms with van der Waals surface area (Å²) >= 11 is 0. The van der Waals surface area contributed by atoms with E-state index in [1.807, 2.05) is 7.05 Å². The van der Waals surface area contributed by atoms with Crippen LogP contribution in [-0.2, 0) is 0 Å². The van der Waals surface area contributed by atoms with Crippen LogP contribution < -0.4 is 5.32 Å². The van der Waals surface area contributed by atoms with Crippen molar-refractivity contribution in [2.75, 3.05) is 20.1 Å². The summed E-state index contributed by atoms with van der Waals surface area (Å²) in [5, 5.41) is 3.30. The molecule has 1 N–H and O–H groups in total. The summed E-state index contributed by atoms with van der Waals surface area (Å²) in [6.07, 6.45) is 5.46. The van der Waals surface area contributed by atoms with Gasteiger partial charge in [-0.05, 0) is 52.7 Å². The SMILES string of the molecule is CCCN(CCC(C)NC)C1CC1. The Balaban J connectivity index is 2.14. The van der Waals surface area contributed by atoms with E-state index in [0.717, 1.165) is 6.04 Å². The van der Waals surface area contributed by atoms with Gasteiger partial charge in [0.15, 0.2) is 0 Å². The maximum Gasteiger partial charge on any atom is 0.00964 e. The first-order chi connectivity index (χ1) is 6.27. The quantitative estimate of drug-likeness (QED) is 0.649. The predicted octanol–water partition coefficient (Wildman–Crippen LogP) is 1.86. The van der Waals surface area contributed by atoms with E-state index in [0.29, 0.717) is 6.04 Å². The molecule has 0 aromatic carbocycles. The van der Waals surface area contributed by atoms with E-state index < -0.39 is 0 Å².